The highest BCUT2D eigenvalue weighted by atomic mass is 16.5. The summed E-state index contributed by atoms with van der Waals surface area (Å²) in [5.74, 6) is 0.839. The van der Waals surface area contributed by atoms with Gasteiger partial charge in [0.1, 0.15) is 6.10 Å². The molecule has 19 heavy (non-hydrogen) atoms. The second-order valence-electron chi connectivity index (χ2n) is 6.15. The lowest BCUT2D eigenvalue weighted by atomic mass is 9.95. The van der Waals surface area contributed by atoms with E-state index in [1.165, 1.54) is 0 Å². The fourth-order valence-electron chi connectivity index (χ4n) is 2.24. The Kier molecular flexibility index (Phi) is 3.78. The van der Waals surface area contributed by atoms with Crippen molar-refractivity contribution < 1.29 is 9.53 Å². The van der Waals surface area contributed by atoms with Crippen molar-refractivity contribution in [3.05, 3.63) is 23.9 Å². The smallest absolute Gasteiger partial charge is 0.228 e. The molecule has 1 aliphatic heterocycles. The zero-order valence-electron chi connectivity index (χ0n) is 12.1. The Morgan fingerprint density at radius 1 is 1.42 bits per heavy atom. The van der Waals surface area contributed by atoms with Crippen LogP contribution in [0, 0.1) is 12.3 Å². The van der Waals surface area contributed by atoms with Gasteiger partial charge in [0.2, 0.25) is 11.8 Å². The van der Waals surface area contributed by atoms with E-state index in [9.17, 15) is 4.79 Å². The van der Waals surface area contributed by atoms with E-state index in [1.807, 2.05) is 50.8 Å². The van der Waals surface area contributed by atoms with Gasteiger partial charge in [0.25, 0.3) is 0 Å². The van der Waals surface area contributed by atoms with E-state index in [0.717, 1.165) is 18.7 Å². The zero-order chi connectivity index (χ0) is 14.0. The SMILES string of the molecule is Cc1cccc(O[C@H]2CCN(C(=O)C(C)(C)C)C2)n1. The molecule has 0 N–H and O–H groups in total. The van der Waals surface area contributed by atoms with E-state index in [2.05, 4.69) is 4.98 Å². The number of nitrogens with zero attached hydrogens (tertiary/aromatic N) is 2. The monoisotopic (exact) mass is 262 g/mol. The van der Waals surface area contributed by atoms with Crippen LogP contribution >= 0.6 is 0 Å². The number of aromatic nitrogens is 1. The average molecular weight is 262 g/mol. The minimum Gasteiger partial charge on any atom is -0.472 e. The van der Waals surface area contributed by atoms with Gasteiger partial charge < -0.3 is 9.64 Å². The van der Waals surface area contributed by atoms with Crippen molar-refractivity contribution in [3.63, 3.8) is 0 Å². The molecule has 0 bridgehead atoms. The number of hydrogen-bond donors (Lipinski definition) is 0. The maximum atomic E-state index is 12.2. The maximum absolute atomic E-state index is 12.2. The first-order valence-corrected chi connectivity index (χ1v) is 6.76. The lowest BCUT2D eigenvalue weighted by Gasteiger charge is -2.25. The highest BCUT2D eigenvalue weighted by Gasteiger charge is 2.33. The Morgan fingerprint density at radius 2 is 2.16 bits per heavy atom. The summed E-state index contributed by atoms with van der Waals surface area (Å²) in [6.07, 6.45) is 0.929. The number of ether oxygens (including phenoxy) is 1. The fraction of sp³-hybridized carbons (Fsp3) is 0.600. The second-order valence-corrected chi connectivity index (χ2v) is 6.15. The number of carbonyl (C=O) groups is 1. The van der Waals surface area contributed by atoms with Gasteiger partial charge >= 0.3 is 0 Å². The Bertz CT molecular complexity index is 465. The zero-order valence-corrected chi connectivity index (χ0v) is 12.1. The molecule has 2 heterocycles. The first-order valence-electron chi connectivity index (χ1n) is 6.76. The van der Waals surface area contributed by atoms with E-state index in [1.54, 1.807) is 0 Å². The van der Waals surface area contributed by atoms with Crippen LogP contribution in [0.1, 0.15) is 32.9 Å². The summed E-state index contributed by atoms with van der Waals surface area (Å²) in [7, 11) is 0. The number of aryl methyl sites for hydroxylation is 1. The number of rotatable bonds is 2. The molecule has 1 aromatic heterocycles. The number of pyridine rings is 1. The molecule has 0 radical (unpaired) electrons. The third kappa shape index (κ3) is 3.46. The van der Waals surface area contributed by atoms with Crippen LogP contribution in [-0.4, -0.2) is 35.0 Å². The third-order valence-corrected chi connectivity index (χ3v) is 3.22. The largest absolute Gasteiger partial charge is 0.472 e. The molecule has 0 unspecified atom stereocenters. The van der Waals surface area contributed by atoms with Crippen LogP contribution in [0.25, 0.3) is 0 Å². The lowest BCUT2D eigenvalue weighted by Crippen LogP contribution is -2.38. The summed E-state index contributed by atoms with van der Waals surface area (Å²) in [5, 5.41) is 0. The highest BCUT2D eigenvalue weighted by molar-refractivity contribution is 5.81. The number of hydrogen-bond acceptors (Lipinski definition) is 3. The number of carbonyl (C=O) groups excluding carboxylic acids is 1. The van der Waals surface area contributed by atoms with Crippen molar-refractivity contribution >= 4 is 5.91 Å². The van der Waals surface area contributed by atoms with Gasteiger partial charge in [-0.25, -0.2) is 4.98 Å². The topological polar surface area (TPSA) is 42.4 Å². The van der Waals surface area contributed by atoms with Crippen LogP contribution < -0.4 is 4.74 Å². The fourth-order valence-corrected chi connectivity index (χ4v) is 2.24. The molecule has 4 heteroatoms. The van der Waals surface area contributed by atoms with Gasteiger partial charge in [0.05, 0.1) is 6.54 Å². The number of amides is 1. The molecule has 104 valence electrons. The van der Waals surface area contributed by atoms with Gasteiger partial charge in [-0.3, -0.25) is 4.79 Å². The highest BCUT2D eigenvalue weighted by Crippen LogP contribution is 2.23. The van der Waals surface area contributed by atoms with Crippen LogP contribution in [0.15, 0.2) is 18.2 Å². The molecule has 0 aromatic carbocycles. The van der Waals surface area contributed by atoms with E-state index in [0.29, 0.717) is 12.4 Å². The molecule has 1 atom stereocenters. The van der Waals surface area contributed by atoms with Gasteiger partial charge in [-0.2, -0.15) is 0 Å². The normalized spacial score (nSPS) is 19.6. The molecule has 4 nitrogen and oxygen atoms in total. The van der Waals surface area contributed by atoms with Crippen LogP contribution in [0.2, 0.25) is 0 Å². The third-order valence-electron chi connectivity index (χ3n) is 3.22. The second kappa shape index (κ2) is 5.19. The molecule has 1 aromatic rings. The average Bonchev–Trinajstić information content (AvgIpc) is 2.75. The van der Waals surface area contributed by atoms with Crippen molar-refractivity contribution in [2.45, 2.75) is 40.2 Å². The Hall–Kier alpha value is -1.58. The summed E-state index contributed by atoms with van der Waals surface area (Å²) < 4.78 is 5.84. The van der Waals surface area contributed by atoms with Gasteiger partial charge in [-0.1, -0.05) is 26.8 Å². The first kappa shape index (κ1) is 13.8. The predicted octanol–water partition coefficient (Wildman–Crippen LogP) is 2.42. The summed E-state index contributed by atoms with van der Waals surface area (Å²) in [6.45, 7) is 9.22. The molecular formula is C15H22N2O2. The molecular weight excluding hydrogens is 240 g/mol. The molecule has 0 aliphatic carbocycles. The van der Waals surface area contributed by atoms with Crippen molar-refractivity contribution in [2.75, 3.05) is 13.1 Å². The summed E-state index contributed by atoms with van der Waals surface area (Å²) >= 11 is 0. The molecule has 1 amide bonds. The molecule has 0 saturated carbocycles. The number of likely N-dealkylation sites (tertiary alicyclic amines) is 1. The maximum Gasteiger partial charge on any atom is 0.228 e. The van der Waals surface area contributed by atoms with Crippen LogP contribution in [0.4, 0.5) is 0 Å². The van der Waals surface area contributed by atoms with Crippen molar-refractivity contribution in [1.29, 1.82) is 0 Å². The first-order chi connectivity index (χ1) is 8.86. The summed E-state index contributed by atoms with van der Waals surface area (Å²) in [4.78, 5) is 18.4. The molecule has 1 saturated heterocycles. The predicted molar refractivity (Wildman–Crippen MR) is 74.0 cm³/mol. The molecule has 2 rings (SSSR count). The Morgan fingerprint density at radius 3 is 2.79 bits per heavy atom. The van der Waals surface area contributed by atoms with Crippen LogP contribution in [-0.2, 0) is 4.79 Å². The van der Waals surface area contributed by atoms with Crippen molar-refractivity contribution in [3.8, 4) is 5.88 Å². The molecule has 1 fully saturated rings. The molecule has 0 spiro atoms. The van der Waals surface area contributed by atoms with Gasteiger partial charge in [-0.15, -0.1) is 0 Å². The summed E-state index contributed by atoms with van der Waals surface area (Å²) in [6, 6.07) is 5.74. The van der Waals surface area contributed by atoms with E-state index in [4.69, 9.17) is 4.74 Å². The van der Waals surface area contributed by atoms with Crippen molar-refractivity contribution in [2.24, 2.45) is 5.41 Å². The standard InChI is InChI=1S/C15H22N2O2/c1-11-6-5-7-13(16-11)19-12-8-9-17(10-12)14(18)15(2,3)4/h5-7,12H,8-10H2,1-4H3/t12-/m0/s1. The van der Waals surface area contributed by atoms with Crippen molar-refractivity contribution in [1.82, 2.24) is 9.88 Å². The minimum absolute atomic E-state index is 0.0561. The van der Waals surface area contributed by atoms with E-state index in [-0.39, 0.29) is 17.4 Å². The Balaban J connectivity index is 1.94. The summed E-state index contributed by atoms with van der Waals surface area (Å²) in [5.41, 5.74) is 0.620. The molecule has 1 aliphatic rings. The van der Waals surface area contributed by atoms with Crippen LogP contribution in [0.5, 0.6) is 5.88 Å². The van der Waals surface area contributed by atoms with E-state index < -0.39 is 0 Å². The minimum atomic E-state index is -0.323. The lowest BCUT2D eigenvalue weighted by molar-refractivity contribution is -0.138. The quantitative estimate of drug-likeness (QED) is 0.822. The van der Waals surface area contributed by atoms with Crippen LogP contribution in [0.3, 0.4) is 0 Å². The Labute approximate surface area is 114 Å². The van der Waals surface area contributed by atoms with Gasteiger partial charge in [0, 0.05) is 30.1 Å². The van der Waals surface area contributed by atoms with E-state index >= 15 is 0 Å². The van der Waals surface area contributed by atoms with Gasteiger partial charge in [0.15, 0.2) is 0 Å². The van der Waals surface area contributed by atoms with Gasteiger partial charge in [-0.05, 0) is 13.0 Å².